The van der Waals surface area contributed by atoms with Crippen molar-refractivity contribution in [2.75, 3.05) is 6.54 Å². The molecule has 3 heterocycles. The SMILES string of the molecule is O=C1CCNC(=O)[C@]12c1ccccc1-c1nc3ccccc3c(=O)n12. The molecular formula is C19H13N3O3. The summed E-state index contributed by atoms with van der Waals surface area (Å²) in [6.45, 7) is 0.284. The first-order chi connectivity index (χ1) is 12.2. The molecule has 2 aliphatic heterocycles. The molecule has 5 rings (SSSR count). The van der Waals surface area contributed by atoms with Gasteiger partial charge in [0.25, 0.3) is 11.5 Å². The highest BCUT2D eigenvalue weighted by atomic mass is 16.2. The first-order valence-corrected chi connectivity index (χ1v) is 8.09. The third-order valence-electron chi connectivity index (χ3n) is 5.04. The molecule has 25 heavy (non-hydrogen) atoms. The van der Waals surface area contributed by atoms with Crippen LogP contribution in [-0.2, 0) is 15.1 Å². The van der Waals surface area contributed by atoms with E-state index in [9.17, 15) is 14.4 Å². The normalized spacial score (nSPS) is 21.3. The molecular weight excluding hydrogens is 318 g/mol. The molecule has 0 bridgehead atoms. The lowest BCUT2D eigenvalue weighted by Gasteiger charge is -2.33. The molecule has 3 aromatic rings. The highest BCUT2D eigenvalue weighted by Gasteiger charge is 2.57. The molecule has 0 aliphatic carbocycles. The van der Waals surface area contributed by atoms with Gasteiger partial charge in [0.2, 0.25) is 5.54 Å². The van der Waals surface area contributed by atoms with Crippen LogP contribution >= 0.6 is 0 Å². The molecule has 2 aromatic carbocycles. The zero-order valence-electron chi connectivity index (χ0n) is 13.2. The number of hydrogen-bond acceptors (Lipinski definition) is 4. The van der Waals surface area contributed by atoms with Gasteiger partial charge in [0.1, 0.15) is 5.82 Å². The number of nitrogens with one attached hydrogen (secondary N) is 1. The number of aromatic nitrogens is 2. The summed E-state index contributed by atoms with van der Waals surface area (Å²) < 4.78 is 1.29. The highest BCUT2D eigenvalue weighted by molar-refractivity contribution is 6.16. The lowest BCUT2D eigenvalue weighted by Crippen LogP contribution is -2.60. The van der Waals surface area contributed by atoms with Crippen LogP contribution in [0.1, 0.15) is 12.0 Å². The number of benzene rings is 2. The number of amides is 1. The van der Waals surface area contributed by atoms with Gasteiger partial charge in [-0.2, -0.15) is 0 Å². The average Bonchev–Trinajstić information content (AvgIpc) is 2.92. The first kappa shape index (κ1) is 14.1. The van der Waals surface area contributed by atoms with Gasteiger partial charge in [0.05, 0.1) is 10.9 Å². The predicted molar refractivity (Wildman–Crippen MR) is 91.1 cm³/mol. The van der Waals surface area contributed by atoms with E-state index in [1.165, 1.54) is 4.57 Å². The van der Waals surface area contributed by atoms with Gasteiger partial charge in [0.15, 0.2) is 5.78 Å². The summed E-state index contributed by atoms with van der Waals surface area (Å²) in [5, 5.41) is 3.15. The van der Waals surface area contributed by atoms with Crippen LogP contribution in [0.5, 0.6) is 0 Å². The summed E-state index contributed by atoms with van der Waals surface area (Å²) in [7, 11) is 0. The molecule has 1 spiro atoms. The monoisotopic (exact) mass is 331 g/mol. The molecule has 6 nitrogen and oxygen atoms in total. The van der Waals surface area contributed by atoms with E-state index in [-0.39, 0.29) is 24.3 Å². The fraction of sp³-hybridized carbons (Fsp3) is 0.158. The second kappa shape index (κ2) is 4.63. The number of ketones is 1. The Morgan fingerprint density at radius 3 is 2.60 bits per heavy atom. The predicted octanol–water partition coefficient (Wildman–Crippen LogP) is 1.21. The van der Waals surface area contributed by atoms with Crippen molar-refractivity contribution in [1.82, 2.24) is 14.9 Å². The van der Waals surface area contributed by atoms with Gasteiger partial charge in [-0.15, -0.1) is 0 Å². The van der Waals surface area contributed by atoms with E-state index in [2.05, 4.69) is 10.3 Å². The number of fused-ring (bicyclic) bond motifs is 6. The number of piperidine rings is 1. The molecule has 0 unspecified atom stereocenters. The fourth-order valence-corrected chi connectivity index (χ4v) is 3.96. The van der Waals surface area contributed by atoms with Crippen LogP contribution in [0.4, 0.5) is 0 Å². The Labute approximate surface area is 142 Å². The molecule has 0 radical (unpaired) electrons. The van der Waals surface area contributed by atoms with E-state index < -0.39 is 11.4 Å². The smallest absolute Gasteiger partial charge is 0.263 e. The Bertz CT molecular complexity index is 1130. The van der Waals surface area contributed by atoms with Crippen molar-refractivity contribution in [3.63, 3.8) is 0 Å². The van der Waals surface area contributed by atoms with Crippen molar-refractivity contribution in [1.29, 1.82) is 0 Å². The number of nitrogens with zero attached hydrogens (tertiary/aromatic N) is 2. The number of rotatable bonds is 0. The zero-order chi connectivity index (χ0) is 17.2. The van der Waals surface area contributed by atoms with E-state index in [0.29, 0.717) is 27.9 Å². The molecule has 1 atom stereocenters. The topological polar surface area (TPSA) is 81.1 Å². The van der Waals surface area contributed by atoms with Crippen molar-refractivity contribution in [2.45, 2.75) is 12.0 Å². The van der Waals surface area contributed by atoms with Gasteiger partial charge in [-0.1, -0.05) is 36.4 Å². The maximum atomic E-state index is 13.2. The lowest BCUT2D eigenvalue weighted by atomic mass is 9.81. The van der Waals surface area contributed by atoms with Gasteiger partial charge >= 0.3 is 0 Å². The minimum atomic E-state index is -1.65. The molecule has 1 saturated heterocycles. The van der Waals surface area contributed by atoms with Crippen LogP contribution in [0.15, 0.2) is 53.3 Å². The summed E-state index contributed by atoms with van der Waals surface area (Å²) in [4.78, 5) is 43.8. The van der Waals surface area contributed by atoms with Crippen molar-refractivity contribution in [2.24, 2.45) is 0 Å². The van der Waals surface area contributed by atoms with Gasteiger partial charge in [-0.3, -0.25) is 19.0 Å². The molecule has 2 aliphatic rings. The van der Waals surface area contributed by atoms with Crippen LogP contribution < -0.4 is 10.9 Å². The molecule has 6 heteroatoms. The van der Waals surface area contributed by atoms with Crippen molar-refractivity contribution < 1.29 is 9.59 Å². The Balaban J connectivity index is 2.02. The number of Topliss-reactive ketones (excluding diaryl/α,β-unsaturated/α-hetero) is 1. The summed E-state index contributed by atoms with van der Waals surface area (Å²) in [6, 6.07) is 14.1. The summed E-state index contributed by atoms with van der Waals surface area (Å²) in [5.41, 5.74) is -0.303. The molecule has 1 fully saturated rings. The molecule has 122 valence electrons. The molecule has 1 N–H and O–H groups in total. The second-order valence-corrected chi connectivity index (χ2v) is 6.28. The van der Waals surface area contributed by atoms with Crippen LogP contribution in [-0.4, -0.2) is 27.8 Å². The number of hydrogen-bond donors (Lipinski definition) is 1. The second-order valence-electron chi connectivity index (χ2n) is 6.28. The van der Waals surface area contributed by atoms with Gasteiger partial charge in [-0.25, -0.2) is 4.98 Å². The molecule has 0 saturated carbocycles. The van der Waals surface area contributed by atoms with Gasteiger partial charge in [-0.05, 0) is 12.1 Å². The number of carbonyl (C=O) groups excluding carboxylic acids is 2. The fourth-order valence-electron chi connectivity index (χ4n) is 3.96. The van der Waals surface area contributed by atoms with Crippen LogP contribution in [0.3, 0.4) is 0 Å². The summed E-state index contributed by atoms with van der Waals surface area (Å²) in [6.07, 6.45) is 0.179. The first-order valence-electron chi connectivity index (χ1n) is 8.09. The van der Waals surface area contributed by atoms with E-state index in [1.54, 1.807) is 42.5 Å². The highest BCUT2D eigenvalue weighted by Crippen LogP contribution is 2.44. The Hall–Kier alpha value is -3.28. The standard InChI is InChI=1S/C19H13N3O3/c23-15-9-10-20-18(25)19(15)13-7-3-1-5-11(13)16-21-14-8-4-2-6-12(14)17(24)22(16)19/h1-8H,9-10H2,(H,20,25)/t19-/m0/s1. The average molecular weight is 331 g/mol. The zero-order valence-corrected chi connectivity index (χ0v) is 13.2. The van der Waals surface area contributed by atoms with E-state index in [0.717, 1.165) is 0 Å². The van der Waals surface area contributed by atoms with E-state index in [1.807, 2.05) is 6.07 Å². The van der Waals surface area contributed by atoms with Crippen molar-refractivity contribution >= 4 is 22.6 Å². The lowest BCUT2D eigenvalue weighted by molar-refractivity contribution is -0.140. The number of para-hydroxylation sites is 1. The maximum Gasteiger partial charge on any atom is 0.263 e. The Morgan fingerprint density at radius 2 is 1.76 bits per heavy atom. The minimum Gasteiger partial charge on any atom is -0.353 e. The summed E-state index contributed by atoms with van der Waals surface area (Å²) in [5.74, 6) is -0.375. The largest absolute Gasteiger partial charge is 0.353 e. The van der Waals surface area contributed by atoms with Crippen molar-refractivity contribution in [3.8, 4) is 11.4 Å². The number of carbonyl (C=O) groups is 2. The molecule has 1 amide bonds. The van der Waals surface area contributed by atoms with Crippen LogP contribution in [0, 0.1) is 0 Å². The van der Waals surface area contributed by atoms with Crippen molar-refractivity contribution in [3.05, 3.63) is 64.4 Å². The Kier molecular flexibility index (Phi) is 2.61. The van der Waals surface area contributed by atoms with Gasteiger partial charge < -0.3 is 5.32 Å². The quantitative estimate of drug-likeness (QED) is 0.628. The molecule has 1 aromatic heterocycles. The third kappa shape index (κ3) is 1.54. The van der Waals surface area contributed by atoms with Gasteiger partial charge in [0, 0.05) is 24.1 Å². The minimum absolute atomic E-state index is 0.179. The maximum absolute atomic E-state index is 13.2. The summed E-state index contributed by atoms with van der Waals surface area (Å²) >= 11 is 0. The Morgan fingerprint density at radius 1 is 1.00 bits per heavy atom. The van der Waals surface area contributed by atoms with Crippen LogP contribution in [0.25, 0.3) is 22.3 Å². The van der Waals surface area contributed by atoms with E-state index in [4.69, 9.17) is 0 Å². The van der Waals surface area contributed by atoms with Crippen LogP contribution in [0.2, 0.25) is 0 Å². The van der Waals surface area contributed by atoms with E-state index >= 15 is 0 Å². The third-order valence-corrected chi connectivity index (χ3v) is 5.04.